The van der Waals surface area contributed by atoms with Crippen LogP contribution in [-0.2, 0) is 41.6 Å². The number of hydrogen-bond acceptors (Lipinski definition) is 9. The molecule has 54 heavy (non-hydrogen) atoms. The van der Waals surface area contributed by atoms with Gasteiger partial charge < -0.3 is 33.2 Å². The molecule has 3 aliphatic heterocycles. The molecule has 0 N–H and O–H groups in total. The maximum atomic E-state index is 6.88. The summed E-state index contributed by atoms with van der Waals surface area (Å²) in [6, 6.07) is 18.5. The van der Waals surface area contributed by atoms with Gasteiger partial charge in [0.1, 0.15) is 12.5 Å². The number of terminal acetylenes is 1. The van der Waals surface area contributed by atoms with Crippen LogP contribution in [0.15, 0.2) is 54.6 Å². The van der Waals surface area contributed by atoms with Gasteiger partial charge in [0.2, 0.25) is 0 Å². The molecule has 7 atom stereocenters. The molecule has 9 heteroatoms. The third-order valence-electron chi connectivity index (χ3n) is 11.3. The van der Waals surface area contributed by atoms with Gasteiger partial charge in [-0.15, -0.1) is 35.9 Å². The van der Waals surface area contributed by atoms with Gasteiger partial charge in [0.05, 0.1) is 67.6 Å². The average molecular weight is 783 g/mol. The molecular weight excluding hydrogens is 717 g/mol. The van der Waals surface area contributed by atoms with Gasteiger partial charge in [-0.3, -0.25) is 0 Å². The second-order valence-corrected chi connectivity index (χ2v) is 19.4. The van der Waals surface area contributed by atoms with Gasteiger partial charge >= 0.3 is 0 Å². The lowest BCUT2D eigenvalue weighted by atomic mass is 9.82. The van der Waals surface area contributed by atoms with Crippen LogP contribution in [0.4, 0.5) is 0 Å². The molecule has 3 fully saturated rings. The molecule has 5 rings (SSSR count). The fourth-order valence-electron chi connectivity index (χ4n) is 8.14. The standard InChI is InChI=1S/C45H66O7S2/c1-7-13-39-28-45(53-24-12-25-54-45)29-40(51-39)21-18-34(2)42(49-31-36-19-22-37(47-6)23-20-36)27-41(50-33-46-5)26-38-16-11-17-43(52-38)44(3,4)32-48-30-35-14-9-8-10-15-35/h1,8-10,14-15,19-20,22-23,34,38-43H,11-13,16-18,21,24-33H2,2-6H3/t34-,38-,39-,40+,41-,42+,43+/m0/s1. The van der Waals surface area contributed by atoms with E-state index >= 15 is 0 Å². The highest BCUT2D eigenvalue weighted by Gasteiger charge is 2.43. The summed E-state index contributed by atoms with van der Waals surface area (Å²) in [6.45, 7) is 8.90. The van der Waals surface area contributed by atoms with Crippen molar-refractivity contribution in [2.24, 2.45) is 11.3 Å². The number of thioether (sulfide) groups is 2. The zero-order valence-electron chi connectivity index (χ0n) is 33.5. The SMILES string of the molecule is C#CC[C@H]1CC2(C[C@@H](CC[C@H](C)[C@@H](C[C@H](C[C@@H]3CCC[C@H](C(C)(C)COCc4ccccc4)O3)OCOC)OCc3ccc(OC)cc3)O1)SCCCS2. The first kappa shape index (κ1) is 43.4. The molecule has 1 spiro atoms. The van der Waals surface area contributed by atoms with Gasteiger partial charge in [-0.05, 0) is 98.5 Å². The molecule has 0 amide bonds. The molecule has 3 saturated heterocycles. The van der Waals surface area contributed by atoms with E-state index in [-0.39, 0.29) is 58.8 Å². The minimum Gasteiger partial charge on any atom is -0.497 e. The molecule has 300 valence electrons. The van der Waals surface area contributed by atoms with Crippen molar-refractivity contribution in [3.05, 3.63) is 65.7 Å². The smallest absolute Gasteiger partial charge is 0.146 e. The Kier molecular flexibility index (Phi) is 17.9. The first-order valence-electron chi connectivity index (χ1n) is 20.2. The molecule has 0 radical (unpaired) electrons. The lowest BCUT2D eigenvalue weighted by Crippen LogP contribution is -2.43. The Morgan fingerprint density at radius 3 is 2.35 bits per heavy atom. The van der Waals surface area contributed by atoms with E-state index in [1.807, 2.05) is 18.2 Å². The van der Waals surface area contributed by atoms with E-state index in [1.165, 1.54) is 23.5 Å². The summed E-state index contributed by atoms with van der Waals surface area (Å²) in [5, 5.41) is 0. The summed E-state index contributed by atoms with van der Waals surface area (Å²) in [7, 11) is 3.39. The lowest BCUT2D eigenvalue weighted by molar-refractivity contribution is -0.153. The van der Waals surface area contributed by atoms with Crippen molar-refractivity contribution in [1.82, 2.24) is 0 Å². The predicted octanol–water partition coefficient (Wildman–Crippen LogP) is 10.1. The van der Waals surface area contributed by atoms with E-state index in [9.17, 15) is 0 Å². The Bertz CT molecular complexity index is 1380. The summed E-state index contributed by atoms with van der Waals surface area (Å²) in [4.78, 5) is 0. The zero-order valence-corrected chi connectivity index (χ0v) is 35.1. The first-order chi connectivity index (χ1) is 26.2. The Morgan fingerprint density at radius 2 is 1.63 bits per heavy atom. The Morgan fingerprint density at radius 1 is 0.889 bits per heavy atom. The molecule has 3 heterocycles. The van der Waals surface area contributed by atoms with Crippen LogP contribution < -0.4 is 4.74 Å². The third kappa shape index (κ3) is 13.7. The van der Waals surface area contributed by atoms with E-state index < -0.39 is 0 Å². The summed E-state index contributed by atoms with van der Waals surface area (Å²) in [5.74, 6) is 6.48. The van der Waals surface area contributed by atoms with E-state index in [0.717, 1.165) is 69.1 Å². The van der Waals surface area contributed by atoms with E-state index in [0.29, 0.717) is 26.2 Å². The van der Waals surface area contributed by atoms with Crippen LogP contribution in [0.2, 0.25) is 0 Å². The van der Waals surface area contributed by atoms with Gasteiger partial charge in [-0.1, -0.05) is 63.2 Å². The molecule has 0 aromatic heterocycles. The third-order valence-corrected chi connectivity index (χ3v) is 14.7. The summed E-state index contributed by atoms with van der Waals surface area (Å²) in [5.41, 5.74) is 2.21. The molecule has 3 aliphatic rings. The van der Waals surface area contributed by atoms with Crippen molar-refractivity contribution >= 4 is 23.5 Å². The summed E-state index contributed by atoms with van der Waals surface area (Å²) >= 11 is 4.28. The summed E-state index contributed by atoms with van der Waals surface area (Å²) < 4.78 is 44.1. The van der Waals surface area contributed by atoms with Crippen molar-refractivity contribution in [2.45, 2.75) is 145 Å². The lowest BCUT2D eigenvalue weighted by Gasteiger charge is -2.45. The van der Waals surface area contributed by atoms with Crippen LogP contribution >= 0.6 is 23.5 Å². The fourth-order valence-corrected chi connectivity index (χ4v) is 11.7. The number of methoxy groups -OCH3 is 2. The second-order valence-electron chi connectivity index (χ2n) is 16.2. The van der Waals surface area contributed by atoms with Crippen molar-refractivity contribution < 1.29 is 33.2 Å². The normalized spacial score (nSPS) is 24.7. The zero-order chi connectivity index (χ0) is 38.2. The van der Waals surface area contributed by atoms with E-state index in [2.05, 4.69) is 86.6 Å². The van der Waals surface area contributed by atoms with Crippen LogP contribution in [-0.4, -0.2) is 79.8 Å². The van der Waals surface area contributed by atoms with Crippen molar-refractivity contribution in [3.8, 4) is 18.1 Å². The fraction of sp³-hybridized carbons (Fsp3) is 0.689. The highest BCUT2D eigenvalue weighted by molar-refractivity contribution is 8.18. The first-order valence-corrected chi connectivity index (χ1v) is 22.2. The van der Waals surface area contributed by atoms with Crippen LogP contribution in [0.25, 0.3) is 0 Å². The molecule has 2 aromatic carbocycles. The highest BCUT2D eigenvalue weighted by Crippen LogP contribution is 2.52. The van der Waals surface area contributed by atoms with Gasteiger partial charge in [-0.25, -0.2) is 0 Å². The Hall–Kier alpha value is -1.74. The minimum absolute atomic E-state index is 0.0198. The van der Waals surface area contributed by atoms with Crippen LogP contribution in [0.3, 0.4) is 0 Å². The number of rotatable bonds is 21. The highest BCUT2D eigenvalue weighted by atomic mass is 32.2. The number of hydrogen-bond donors (Lipinski definition) is 0. The van der Waals surface area contributed by atoms with Gasteiger partial charge in [0.25, 0.3) is 0 Å². The maximum Gasteiger partial charge on any atom is 0.146 e. The molecule has 0 saturated carbocycles. The monoisotopic (exact) mass is 782 g/mol. The van der Waals surface area contributed by atoms with Gasteiger partial charge in [0, 0.05) is 25.4 Å². The summed E-state index contributed by atoms with van der Waals surface area (Å²) in [6.07, 6.45) is 17.1. The van der Waals surface area contributed by atoms with Gasteiger partial charge in [0.15, 0.2) is 0 Å². The quantitative estimate of drug-likeness (QED) is 0.0910. The van der Waals surface area contributed by atoms with Gasteiger partial charge in [-0.2, -0.15) is 0 Å². The number of ether oxygens (including phenoxy) is 7. The van der Waals surface area contributed by atoms with E-state index in [1.54, 1.807) is 14.2 Å². The molecular formula is C45H66O7S2. The molecule has 0 bridgehead atoms. The molecule has 2 aromatic rings. The second kappa shape index (κ2) is 22.3. The maximum absolute atomic E-state index is 6.88. The molecule has 0 unspecified atom stereocenters. The van der Waals surface area contributed by atoms with Crippen LogP contribution in [0.5, 0.6) is 5.75 Å². The van der Waals surface area contributed by atoms with Crippen LogP contribution in [0.1, 0.15) is 103 Å². The van der Waals surface area contributed by atoms with Crippen LogP contribution in [0, 0.1) is 23.7 Å². The largest absolute Gasteiger partial charge is 0.497 e. The number of benzene rings is 2. The molecule has 7 nitrogen and oxygen atoms in total. The van der Waals surface area contributed by atoms with Crippen molar-refractivity contribution in [2.75, 3.05) is 39.1 Å². The predicted molar refractivity (Wildman–Crippen MR) is 222 cm³/mol. The minimum atomic E-state index is -0.109. The van der Waals surface area contributed by atoms with Crippen molar-refractivity contribution in [1.29, 1.82) is 0 Å². The Labute approximate surface area is 335 Å². The average Bonchev–Trinajstić information content (AvgIpc) is 3.18. The van der Waals surface area contributed by atoms with Crippen molar-refractivity contribution in [3.63, 3.8) is 0 Å². The Balaban J connectivity index is 1.23. The molecule has 0 aliphatic carbocycles. The van der Waals surface area contributed by atoms with E-state index in [4.69, 9.17) is 39.6 Å². The topological polar surface area (TPSA) is 64.6 Å².